The van der Waals surface area contributed by atoms with Crippen LogP contribution in [-0.2, 0) is 4.79 Å². The van der Waals surface area contributed by atoms with Crippen LogP contribution in [-0.4, -0.2) is 29.3 Å². The topological polar surface area (TPSA) is 63.4 Å². The molecule has 126 valence electrons. The Morgan fingerprint density at radius 1 is 1.21 bits per heavy atom. The molecule has 0 radical (unpaired) electrons. The lowest BCUT2D eigenvalue weighted by Gasteiger charge is -2.26. The molecule has 1 atom stereocenters. The first-order valence-electron chi connectivity index (χ1n) is 7.82. The molecule has 5 heteroatoms. The summed E-state index contributed by atoms with van der Waals surface area (Å²) in [7, 11) is 0. The number of halogens is 1. The summed E-state index contributed by atoms with van der Waals surface area (Å²) < 4.78 is 14.2. The molecule has 0 saturated carbocycles. The highest BCUT2D eigenvalue weighted by atomic mass is 19.1. The second-order valence-electron chi connectivity index (χ2n) is 5.73. The van der Waals surface area contributed by atoms with Gasteiger partial charge in [-0.25, -0.2) is 4.39 Å². The van der Waals surface area contributed by atoms with E-state index in [1.54, 1.807) is 44.2 Å². The van der Waals surface area contributed by atoms with Gasteiger partial charge in [0.1, 0.15) is 11.9 Å². The van der Waals surface area contributed by atoms with Gasteiger partial charge in [-0.1, -0.05) is 24.3 Å². The zero-order valence-electron chi connectivity index (χ0n) is 14.0. The fourth-order valence-corrected chi connectivity index (χ4v) is 2.59. The van der Waals surface area contributed by atoms with Gasteiger partial charge in [0.25, 0.3) is 5.91 Å². The summed E-state index contributed by atoms with van der Waals surface area (Å²) in [4.78, 5) is 25.4. The minimum Gasteiger partial charge on any atom is -0.368 e. The molecule has 0 heterocycles. The van der Waals surface area contributed by atoms with Crippen LogP contribution in [0.25, 0.3) is 11.1 Å². The molecule has 0 aromatic heterocycles. The van der Waals surface area contributed by atoms with Crippen molar-refractivity contribution in [2.75, 3.05) is 6.54 Å². The quantitative estimate of drug-likeness (QED) is 0.916. The molecule has 0 aliphatic carbocycles. The maximum Gasteiger partial charge on any atom is 0.254 e. The Morgan fingerprint density at radius 3 is 2.50 bits per heavy atom. The number of benzene rings is 2. The van der Waals surface area contributed by atoms with Crippen molar-refractivity contribution in [1.82, 2.24) is 4.90 Å². The molecule has 2 aromatic rings. The number of hydrogen-bond donors (Lipinski definition) is 1. The monoisotopic (exact) mass is 328 g/mol. The van der Waals surface area contributed by atoms with Gasteiger partial charge in [-0.15, -0.1) is 0 Å². The van der Waals surface area contributed by atoms with Crippen molar-refractivity contribution in [2.24, 2.45) is 5.73 Å². The third kappa shape index (κ3) is 3.62. The van der Waals surface area contributed by atoms with Gasteiger partial charge in [0, 0.05) is 17.7 Å². The summed E-state index contributed by atoms with van der Waals surface area (Å²) in [5, 5.41) is 0. The Morgan fingerprint density at radius 2 is 1.92 bits per heavy atom. The average Bonchev–Trinajstić information content (AvgIpc) is 2.55. The molecule has 4 nitrogen and oxygen atoms in total. The molecule has 0 fully saturated rings. The molecule has 2 N–H and O–H groups in total. The van der Waals surface area contributed by atoms with Crippen LogP contribution < -0.4 is 5.73 Å². The summed E-state index contributed by atoms with van der Waals surface area (Å²) >= 11 is 0. The Hall–Kier alpha value is -2.69. The van der Waals surface area contributed by atoms with Crippen molar-refractivity contribution in [3.63, 3.8) is 0 Å². The first kappa shape index (κ1) is 17.7. The zero-order chi connectivity index (χ0) is 17.9. The molecule has 0 bridgehead atoms. The molecule has 2 rings (SSSR count). The Labute approximate surface area is 141 Å². The maximum atomic E-state index is 14.2. The first-order valence-corrected chi connectivity index (χ1v) is 7.82. The van der Waals surface area contributed by atoms with Crippen LogP contribution in [0.15, 0.2) is 42.5 Å². The molecule has 1 unspecified atom stereocenters. The number of carbonyl (C=O) groups excluding carboxylic acids is 2. The predicted octanol–water partition coefficient (Wildman–Crippen LogP) is 3.14. The Bertz CT molecular complexity index is 774. The highest BCUT2D eigenvalue weighted by molar-refractivity contribution is 5.98. The van der Waals surface area contributed by atoms with Crippen molar-refractivity contribution >= 4 is 11.8 Å². The second kappa shape index (κ2) is 7.25. The standard InChI is InChI=1S/C19H21FN2O2/c1-4-22(13(3)18(21)23)19(24)15-7-5-6-14(11-15)16-9-8-12(2)10-17(16)20/h5-11,13H,4H2,1-3H3,(H2,21,23). The largest absolute Gasteiger partial charge is 0.368 e. The highest BCUT2D eigenvalue weighted by Crippen LogP contribution is 2.25. The fourth-order valence-electron chi connectivity index (χ4n) is 2.59. The maximum absolute atomic E-state index is 14.2. The smallest absolute Gasteiger partial charge is 0.254 e. The molecule has 2 aromatic carbocycles. The number of rotatable bonds is 5. The molecular formula is C19H21FN2O2. The minimum absolute atomic E-state index is 0.307. The van der Waals surface area contributed by atoms with Crippen LogP contribution in [0.5, 0.6) is 0 Å². The Balaban J connectivity index is 2.39. The van der Waals surface area contributed by atoms with E-state index in [9.17, 15) is 14.0 Å². The van der Waals surface area contributed by atoms with E-state index in [1.807, 2.05) is 13.0 Å². The molecule has 0 spiro atoms. The average molecular weight is 328 g/mol. The van der Waals surface area contributed by atoms with Crippen LogP contribution in [0.1, 0.15) is 29.8 Å². The van der Waals surface area contributed by atoms with Gasteiger partial charge in [-0.3, -0.25) is 9.59 Å². The van der Waals surface area contributed by atoms with Crippen molar-refractivity contribution in [2.45, 2.75) is 26.8 Å². The zero-order valence-corrected chi connectivity index (χ0v) is 14.0. The van der Waals surface area contributed by atoms with Crippen molar-refractivity contribution in [3.05, 3.63) is 59.4 Å². The van der Waals surface area contributed by atoms with Crippen LogP contribution >= 0.6 is 0 Å². The number of hydrogen-bond acceptors (Lipinski definition) is 2. The van der Waals surface area contributed by atoms with Gasteiger partial charge in [0.05, 0.1) is 0 Å². The molecule has 0 saturated heterocycles. The molecule has 24 heavy (non-hydrogen) atoms. The van der Waals surface area contributed by atoms with E-state index in [1.165, 1.54) is 11.0 Å². The molecule has 2 amide bonds. The van der Waals surface area contributed by atoms with E-state index < -0.39 is 11.9 Å². The second-order valence-corrected chi connectivity index (χ2v) is 5.73. The number of nitrogens with two attached hydrogens (primary N) is 1. The van der Waals surface area contributed by atoms with Gasteiger partial charge in [0.2, 0.25) is 5.91 Å². The lowest BCUT2D eigenvalue weighted by molar-refractivity contribution is -0.121. The minimum atomic E-state index is -0.706. The number of nitrogens with zero attached hydrogens (tertiary/aromatic N) is 1. The lowest BCUT2D eigenvalue weighted by Crippen LogP contribution is -2.46. The van der Waals surface area contributed by atoms with Crippen molar-refractivity contribution < 1.29 is 14.0 Å². The third-order valence-electron chi connectivity index (χ3n) is 4.03. The molecular weight excluding hydrogens is 307 g/mol. The van der Waals surface area contributed by atoms with Crippen LogP contribution in [0, 0.1) is 12.7 Å². The van der Waals surface area contributed by atoms with E-state index >= 15 is 0 Å². The third-order valence-corrected chi connectivity index (χ3v) is 4.03. The predicted molar refractivity (Wildman–Crippen MR) is 91.9 cm³/mol. The fraction of sp³-hybridized carbons (Fsp3) is 0.263. The summed E-state index contributed by atoms with van der Waals surface area (Å²) in [6.07, 6.45) is 0. The number of likely N-dealkylation sites (N-methyl/N-ethyl adjacent to an activating group) is 1. The van der Waals surface area contributed by atoms with E-state index in [0.717, 1.165) is 5.56 Å². The van der Waals surface area contributed by atoms with E-state index in [0.29, 0.717) is 23.2 Å². The molecule has 0 aliphatic rings. The van der Waals surface area contributed by atoms with Crippen LogP contribution in [0.2, 0.25) is 0 Å². The number of aryl methyl sites for hydroxylation is 1. The summed E-state index contributed by atoms with van der Waals surface area (Å²) in [6.45, 7) is 5.54. The van der Waals surface area contributed by atoms with Gasteiger partial charge in [0.15, 0.2) is 0 Å². The van der Waals surface area contributed by atoms with Crippen LogP contribution in [0.3, 0.4) is 0 Å². The van der Waals surface area contributed by atoms with Crippen molar-refractivity contribution in [1.29, 1.82) is 0 Å². The van der Waals surface area contributed by atoms with Crippen LogP contribution in [0.4, 0.5) is 4.39 Å². The van der Waals surface area contributed by atoms with E-state index in [-0.39, 0.29) is 11.7 Å². The molecule has 0 aliphatic heterocycles. The van der Waals surface area contributed by atoms with E-state index in [2.05, 4.69) is 0 Å². The SMILES string of the molecule is CCN(C(=O)c1cccc(-c2ccc(C)cc2F)c1)C(C)C(N)=O. The normalized spacial score (nSPS) is 11.8. The van der Waals surface area contributed by atoms with Gasteiger partial charge >= 0.3 is 0 Å². The lowest BCUT2D eigenvalue weighted by atomic mass is 10.0. The first-order chi connectivity index (χ1) is 11.3. The van der Waals surface area contributed by atoms with Gasteiger partial charge < -0.3 is 10.6 Å². The van der Waals surface area contributed by atoms with Gasteiger partial charge in [-0.05, 0) is 50.1 Å². The summed E-state index contributed by atoms with van der Waals surface area (Å²) in [6, 6.07) is 11.0. The van der Waals surface area contributed by atoms with Crippen molar-refractivity contribution in [3.8, 4) is 11.1 Å². The van der Waals surface area contributed by atoms with E-state index in [4.69, 9.17) is 5.73 Å². The Kier molecular flexibility index (Phi) is 5.34. The number of carbonyl (C=O) groups is 2. The number of primary amides is 1. The number of amides is 2. The summed E-state index contributed by atoms with van der Waals surface area (Å²) in [5.41, 5.74) is 7.57. The highest BCUT2D eigenvalue weighted by Gasteiger charge is 2.24. The summed E-state index contributed by atoms with van der Waals surface area (Å²) in [5.74, 6) is -1.21. The van der Waals surface area contributed by atoms with Gasteiger partial charge in [-0.2, -0.15) is 0 Å².